The van der Waals surface area contributed by atoms with Crippen LogP contribution in [0.2, 0.25) is 0 Å². The third kappa shape index (κ3) is 1.98. The maximum absolute atomic E-state index is 9.93. The Hall–Kier alpha value is -0.540. The lowest BCUT2D eigenvalue weighted by atomic mass is 9.77. The fourth-order valence-corrected chi connectivity index (χ4v) is 3.34. The van der Waals surface area contributed by atoms with Gasteiger partial charge in [-0.3, -0.25) is 0 Å². The first-order valence-electron chi connectivity index (χ1n) is 5.82. The minimum Gasteiger partial charge on any atom is -0.506 e. The van der Waals surface area contributed by atoms with E-state index in [1.54, 1.807) is 0 Å². The second-order valence-electron chi connectivity index (χ2n) is 4.81. The van der Waals surface area contributed by atoms with Crippen LogP contribution in [0.25, 0.3) is 0 Å². The average molecular weight is 284 g/mol. The Kier molecular flexibility index (Phi) is 3.27. The number of halogens is 1. The number of rotatable bonds is 1. The molecule has 1 aromatic rings. The molecule has 0 aromatic heterocycles. The first kappa shape index (κ1) is 11.9. The van der Waals surface area contributed by atoms with Gasteiger partial charge in [0.15, 0.2) is 0 Å². The lowest BCUT2D eigenvalue weighted by molar-refractivity contribution is 0.300. The van der Waals surface area contributed by atoms with Gasteiger partial charge in [0, 0.05) is 5.54 Å². The molecule has 0 aliphatic heterocycles. The number of aromatic hydroxyl groups is 1. The Labute approximate surface area is 105 Å². The zero-order chi connectivity index (χ0) is 11.8. The molecule has 0 heterocycles. The number of hydrogen-bond acceptors (Lipinski definition) is 2. The monoisotopic (exact) mass is 283 g/mol. The molecule has 2 rings (SSSR count). The summed E-state index contributed by atoms with van der Waals surface area (Å²) in [5.74, 6) is 0.327. The zero-order valence-corrected chi connectivity index (χ0v) is 11.2. The molecule has 1 aliphatic rings. The summed E-state index contributed by atoms with van der Waals surface area (Å²) in [5.41, 5.74) is 8.13. The summed E-state index contributed by atoms with van der Waals surface area (Å²) < 4.78 is 0.775. The fraction of sp³-hybridized carbons (Fsp3) is 0.538. The average Bonchev–Trinajstić information content (AvgIpc) is 2.27. The Morgan fingerprint density at radius 2 is 1.88 bits per heavy atom. The summed E-state index contributed by atoms with van der Waals surface area (Å²) in [6.07, 6.45) is 5.64. The van der Waals surface area contributed by atoms with E-state index in [9.17, 15) is 5.11 Å². The third-order valence-corrected chi connectivity index (χ3v) is 4.40. The van der Waals surface area contributed by atoms with Crippen LogP contribution in [0.4, 0.5) is 0 Å². The van der Waals surface area contributed by atoms with Crippen molar-refractivity contribution in [3.63, 3.8) is 0 Å². The maximum atomic E-state index is 9.93. The predicted molar refractivity (Wildman–Crippen MR) is 69.5 cm³/mol. The Morgan fingerprint density at radius 3 is 2.50 bits per heavy atom. The summed E-state index contributed by atoms with van der Waals surface area (Å²) in [6.45, 7) is 1.90. The van der Waals surface area contributed by atoms with E-state index < -0.39 is 0 Å². The second kappa shape index (κ2) is 4.38. The third-order valence-electron chi connectivity index (χ3n) is 3.60. The Morgan fingerprint density at radius 1 is 1.25 bits per heavy atom. The minimum absolute atomic E-state index is 0.262. The number of aryl methyl sites for hydroxylation is 1. The van der Waals surface area contributed by atoms with Gasteiger partial charge in [0.1, 0.15) is 5.75 Å². The summed E-state index contributed by atoms with van der Waals surface area (Å²) in [7, 11) is 0. The van der Waals surface area contributed by atoms with E-state index in [-0.39, 0.29) is 5.54 Å². The van der Waals surface area contributed by atoms with Crippen LogP contribution in [0.15, 0.2) is 16.6 Å². The predicted octanol–water partition coefficient (Wildman–Crippen LogP) is 3.58. The Bertz CT molecular complexity index is 397. The SMILES string of the molecule is Cc1ccc(C2(N)CCCCC2)c(Br)c1O. The smallest absolute Gasteiger partial charge is 0.133 e. The van der Waals surface area contributed by atoms with Crippen LogP contribution in [0, 0.1) is 6.92 Å². The van der Waals surface area contributed by atoms with Gasteiger partial charge in [-0.25, -0.2) is 0 Å². The molecule has 0 saturated heterocycles. The molecule has 0 unspecified atom stereocenters. The molecule has 88 valence electrons. The van der Waals surface area contributed by atoms with Gasteiger partial charge in [-0.15, -0.1) is 0 Å². The van der Waals surface area contributed by atoms with Gasteiger partial charge >= 0.3 is 0 Å². The highest BCUT2D eigenvalue weighted by Gasteiger charge is 2.32. The summed E-state index contributed by atoms with van der Waals surface area (Å²) in [5, 5.41) is 9.93. The molecule has 1 aromatic carbocycles. The van der Waals surface area contributed by atoms with Crippen molar-refractivity contribution >= 4 is 15.9 Å². The molecule has 0 spiro atoms. The van der Waals surface area contributed by atoms with Gasteiger partial charge in [-0.2, -0.15) is 0 Å². The molecule has 16 heavy (non-hydrogen) atoms. The van der Waals surface area contributed by atoms with Gasteiger partial charge in [0.05, 0.1) is 4.47 Å². The quantitative estimate of drug-likeness (QED) is 0.828. The van der Waals surface area contributed by atoms with Crippen LogP contribution < -0.4 is 5.73 Å². The van der Waals surface area contributed by atoms with Crippen molar-refractivity contribution in [3.8, 4) is 5.75 Å². The summed E-state index contributed by atoms with van der Waals surface area (Å²) in [6, 6.07) is 3.99. The molecule has 1 saturated carbocycles. The van der Waals surface area contributed by atoms with Crippen LogP contribution in [0.5, 0.6) is 5.75 Å². The maximum Gasteiger partial charge on any atom is 0.133 e. The zero-order valence-electron chi connectivity index (χ0n) is 9.59. The highest BCUT2D eigenvalue weighted by Crippen LogP contribution is 2.42. The lowest BCUT2D eigenvalue weighted by Gasteiger charge is -2.35. The topological polar surface area (TPSA) is 46.2 Å². The summed E-state index contributed by atoms with van der Waals surface area (Å²) in [4.78, 5) is 0. The van der Waals surface area contributed by atoms with Crippen molar-refractivity contribution in [2.24, 2.45) is 5.73 Å². The van der Waals surface area contributed by atoms with E-state index in [4.69, 9.17) is 5.73 Å². The molecule has 2 nitrogen and oxygen atoms in total. The van der Waals surface area contributed by atoms with Gasteiger partial charge in [0.25, 0.3) is 0 Å². The molecular weight excluding hydrogens is 266 g/mol. The van der Waals surface area contributed by atoms with Crippen LogP contribution >= 0.6 is 15.9 Å². The van der Waals surface area contributed by atoms with E-state index in [1.165, 1.54) is 19.3 Å². The van der Waals surface area contributed by atoms with Crippen LogP contribution in [0.1, 0.15) is 43.2 Å². The van der Waals surface area contributed by atoms with Gasteiger partial charge in [-0.05, 0) is 46.8 Å². The molecular formula is C13H18BrNO. The molecule has 1 fully saturated rings. The van der Waals surface area contributed by atoms with E-state index in [0.29, 0.717) is 5.75 Å². The number of phenolic OH excluding ortho intramolecular Hbond substituents is 1. The van der Waals surface area contributed by atoms with E-state index in [0.717, 1.165) is 28.4 Å². The van der Waals surface area contributed by atoms with Crippen molar-refractivity contribution in [2.75, 3.05) is 0 Å². The van der Waals surface area contributed by atoms with Crippen molar-refractivity contribution < 1.29 is 5.11 Å². The Balaban J connectivity index is 2.43. The van der Waals surface area contributed by atoms with Crippen molar-refractivity contribution in [2.45, 2.75) is 44.6 Å². The van der Waals surface area contributed by atoms with Crippen LogP contribution in [-0.2, 0) is 5.54 Å². The van der Waals surface area contributed by atoms with Gasteiger partial charge in [0.2, 0.25) is 0 Å². The molecule has 0 amide bonds. The summed E-state index contributed by atoms with van der Waals surface area (Å²) >= 11 is 3.47. The van der Waals surface area contributed by atoms with Gasteiger partial charge in [-0.1, -0.05) is 31.4 Å². The normalized spacial score (nSPS) is 19.7. The number of hydrogen-bond donors (Lipinski definition) is 2. The van der Waals surface area contributed by atoms with Gasteiger partial charge < -0.3 is 10.8 Å². The number of benzene rings is 1. The van der Waals surface area contributed by atoms with Crippen molar-refractivity contribution in [1.82, 2.24) is 0 Å². The lowest BCUT2D eigenvalue weighted by Crippen LogP contribution is -2.38. The standard InChI is InChI=1S/C13H18BrNO/c1-9-5-6-10(11(14)12(9)16)13(15)7-3-2-4-8-13/h5-6,16H,2-4,7-8,15H2,1H3. The highest BCUT2D eigenvalue weighted by molar-refractivity contribution is 9.10. The van der Waals surface area contributed by atoms with Crippen LogP contribution in [0.3, 0.4) is 0 Å². The largest absolute Gasteiger partial charge is 0.506 e. The molecule has 3 N–H and O–H groups in total. The molecule has 0 bridgehead atoms. The van der Waals surface area contributed by atoms with Crippen molar-refractivity contribution in [3.05, 3.63) is 27.7 Å². The second-order valence-corrected chi connectivity index (χ2v) is 5.60. The van der Waals surface area contributed by atoms with Crippen LogP contribution in [-0.4, -0.2) is 5.11 Å². The minimum atomic E-state index is -0.262. The number of nitrogens with two attached hydrogens (primary N) is 1. The van der Waals surface area contributed by atoms with Crippen molar-refractivity contribution in [1.29, 1.82) is 0 Å². The fourth-order valence-electron chi connectivity index (χ4n) is 2.50. The molecule has 0 atom stereocenters. The molecule has 0 radical (unpaired) electrons. The van der Waals surface area contributed by atoms with E-state index in [2.05, 4.69) is 15.9 Å². The first-order valence-corrected chi connectivity index (χ1v) is 6.61. The van der Waals surface area contributed by atoms with E-state index >= 15 is 0 Å². The highest BCUT2D eigenvalue weighted by atomic mass is 79.9. The first-order chi connectivity index (χ1) is 7.54. The number of phenols is 1. The molecule has 1 aliphatic carbocycles. The molecule has 3 heteroatoms. The van der Waals surface area contributed by atoms with E-state index in [1.807, 2.05) is 19.1 Å².